The van der Waals surface area contributed by atoms with Gasteiger partial charge in [0.15, 0.2) is 32.2 Å². The van der Waals surface area contributed by atoms with Crippen LogP contribution in [0.2, 0.25) is 0 Å². The average molecular weight is 493 g/mol. The second-order valence-corrected chi connectivity index (χ2v) is 10.5. The van der Waals surface area contributed by atoms with Gasteiger partial charge in [-0.25, -0.2) is 31.2 Å². The number of aromatic nitrogens is 2. The number of hydrogen-bond acceptors (Lipinski definition) is 9. The van der Waals surface area contributed by atoms with Crippen molar-refractivity contribution in [3.63, 3.8) is 0 Å². The van der Waals surface area contributed by atoms with Gasteiger partial charge >= 0.3 is 0 Å². The lowest BCUT2D eigenvalue weighted by Crippen LogP contribution is -2.31. The molecule has 1 saturated carbocycles. The SMILES string of the molecule is CS(=O)(=O)C1(C(=O)CCCSc2nonc2C(=Nc2ccc(F)c(C(F)F)c2)NO)CC1. The van der Waals surface area contributed by atoms with Crippen LogP contribution in [-0.4, -0.2) is 52.3 Å². The molecule has 0 atom stereocenters. The lowest BCUT2D eigenvalue weighted by molar-refractivity contribution is -0.119. The van der Waals surface area contributed by atoms with Gasteiger partial charge in [0.2, 0.25) is 0 Å². The molecule has 0 amide bonds. The molecule has 0 aliphatic heterocycles. The second kappa shape index (κ2) is 9.58. The fourth-order valence-corrected chi connectivity index (χ4v) is 5.25. The Hall–Kier alpha value is -2.45. The van der Waals surface area contributed by atoms with Crippen LogP contribution in [0.4, 0.5) is 18.9 Å². The number of rotatable bonds is 10. The van der Waals surface area contributed by atoms with Crippen LogP contribution in [0.15, 0.2) is 32.8 Å². The molecule has 1 aromatic carbocycles. The highest BCUT2D eigenvalue weighted by Gasteiger charge is 2.57. The van der Waals surface area contributed by atoms with Crippen LogP contribution in [-0.2, 0) is 14.6 Å². The van der Waals surface area contributed by atoms with Crippen molar-refractivity contribution in [1.29, 1.82) is 0 Å². The number of aliphatic imine (C=N–C) groups is 1. The summed E-state index contributed by atoms with van der Waals surface area (Å²) < 4.78 is 66.2. The Morgan fingerprint density at radius 3 is 2.69 bits per heavy atom. The molecule has 0 unspecified atom stereocenters. The number of halogens is 3. The van der Waals surface area contributed by atoms with Crippen molar-refractivity contribution in [3.05, 3.63) is 35.3 Å². The maximum atomic E-state index is 13.5. The average Bonchev–Trinajstić information content (AvgIpc) is 3.44. The van der Waals surface area contributed by atoms with E-state index in [9.17, 15) is 31.6 Å². The third-order valence-electron chi connectivity index (χ3n) is 4.95. The lowest BCUT2D eigenvalue weighted by Gasteiger charge is -2.11. The van der Waals surface area contributed by atoms with Gasteiger partial charge < -0.3 is 0 Å². The molecule has 0 saturated heterocycles. The van der Waals surface area contributed by atoms with Crippen LogP contribution in [0.3, 0.4) is 0 Å². The van der Waals surface area contributed by atoms with Gasteiger partial charge in [-0.1, -0.05) is 0 Å². The summed E-state index contributed by atoms with van der Waals surface area (Å²) in [7, 11) is -3.45. The first-order valence-electron chi connectivity index (χ1n) is 9.34. The molecular formula is C18H19F3N4O5S2. The van der Waals surface area contributed by atoms with Crippen LogP contribution in [0.1, 0.15) is 43.4 Å². The number of carbonyl (C=O) groups excluding carboxylic acids is 1. The Morgan fingerprint density at radius 2 is 2.09 bits per heavy atom. The minimum atomic E-state index is -3.45. The summed E-state index contributed by atoms with van der Waals surface area (Å²) in [5, 5.41) is 16.9. The molecule has 2 aromatic rings. The molecule has 3 rings (SSSR count). The largest absolute Gasteiger partial charge is 0.298 e. The van der Waals surface area contributed by atoms with Gasteiger partial charge in [0.1, 0.15) is 10.6 Å². The fourth-order valence-electron chi connectivity index (χ4n) is 3.05. The van der Waals surface area contributed by atoms with E-state index in [4.69, 9.17) is 0 Å². The van der Waals surface area contributed by atoms with Gasteiger partial charge in [-0.2, -0.15) is 0 Å². The Labute approximate surface area is 185 Å². The third kappa shape index (κ3) is 5.13. The van der Waals surface area contributed by atoms with Crippen molar-refractivity contribution < 1.29 is 36.2 Å². The van der Waals surface area contributed by atoms with Gasteiger partial charge in [-0.05, 0) is 47.8 Å². The number of benzene rings is 1. The zero-order chi connectivity index (χ0) is 23.5. The van der Waals surface area contributed by atoms with Crippen molar-refractivity contribution >= 4 is 38.9 Å². The van der Waals surface area contributed by atoms with Crippen LogP contribution in [0.5, 0.6) is 0 Å². The summed E-state index contributed by atoms with van der Waals surface area (Å²) in [6, 6.07) is 2.80. The Bertz CT molecular complexity index is 1130. The van der Waals surface area contributed by atoms with E-state index in [2.05, 4.69) is 19.9 Å². The molecule has 1 aliphatic carbocycles. The first-order valence-corrected chi connectivity index (χ1v) is 12.2. The maximum absolute atomic E-state index is 13.5. The van der Waals surface area contributed by atoms with Gasteiger partial charge in [0, 0.05) is 18.4 Å². The van der Waals surface area contributed by atoms with E-state index < -0.39 is 32.4 Å². The topological polar surface area (TPSA) is 135 Å². The zero-order valence-electron chi connectivity index (χ0n) is 16.7. The summed E-state index contributed by atoms with van der Waals surface area (Å²) in [5.74, 6) is -1.32. The van der Waals surface area contributed by atoms with Gasteiger partial charge in [-0.3, -0.25) is 15.5 Å². The smallest absolute Gasteiger partial charge is 0.266 e. The standard InChI is InChI=1S/C18H19F3N4O5S2/c1-32(28,29)18(6-7-18)13(26)3-2-8-31-17-14(24-30-25-17)16(23-27)22-10-4-5-12(19)11(9-10)15(20)21/h4-5,9,15,27H,2-3,6-8H2,1H3,(H,22,23). The van der Waals surface area contributed by atoms with E-state index in [1.807, 2.05) is 0 Å². The number of nitrogens with one attached hydrogen (secondary N) is 1. The molecule has 32 heavy (non-hydrogen) atoms. The number of Topliss-reactive ketones (excluding diaryl/α,β-unsaturated/α-hetero) is 1. The predicted molar refractivity (Wildman–Crippen MR) is 109 cm³/mol. The highest BCUT2D eigenvalue weighted by molar-refractivity contribution is 7.99. The molecule has 0 spiro atoms. The van der Waals surface area contributed by atoms with E-state index in [-0.39, 0.29) is 34.4 Å². The zero-order valence-corrected chi connectivity index (χ0v) is 18.4. The molecule has 1 aliphatic rings. The molecular weight excluding hydrogens is 473 g/mol. The molecule has 0 bridgehead atoms. The van der Waals surface area contributed by atoms with Crippen LogP contribution in [0, 0.1) is 5.82 Å². The number of hydroxylamine groups is 1. The highest BCUT2D eigenvalue weighted by atomic mass is 32.2. The summed E-state index contributed by atoms with van der Waals surface area (Å²) in [6.07, 6.45) is -0.862. The third-order valence-corrected chi connectivity index (χ3v) is 8.04. The normalized spacial score (nSPS) is 15.8. The first-order chi connectivity index (χ1) is 15.1. The lowest BCUT2D eigenvalue weighted by atomic mass is 10.1. The molecule has 174 valence electrons. The number of sulfone groups is 1. The Kier molecular flexibility index (Phi) is 7.25. The number of amidine groups is 1. The van der Waals surface area contributed by atoms with E-state index in [1.165, 1.54) is 0 Å². The molecule has 0 radical (unpaired) electrons. The van der Waals surface area contributed by atoms with E-state index in [1.54, 1.807) is 5.48 Å². The van der Waals surface area contributed by atoms with Gasteiger partial charge in [-0.15, -0.1) is 11.8 Å². The predicted octanol–water partition coefficient (Wildman–Crippen LogP) is 3.22. The van der Waals surface area contributed by atoms with Gasteiger partial charge in [0.05, 0.1) is 11.3 Å². The first kappa shape index (κ1) is 24.2. The van der Waals surface area contributed by atoms with Crippen molar-refractivity contribution in [3.8, 4) is 0 Å². The van der Waals surface area contributed by atoms with Crippen molar-refractivity contribution in [1.82, 2.24) is 15.8 Å². The summed E-state index contributed by atoms with van der Waals surface area (Å²) in [6.45, 7) is 0. The van der Waals surface area contributed by atoms with Crippen molar-refractivity contribution in [2.45, 2.75) is 41.9 Å². The Morgan fingerprint density at radius 1 is 1.38 bits per heavy atom. The molecule has 1 aromatic heterocycles. The summed E-state index contributed by atoms with van der Waals surface area (Å²) in [5.41, 5.74) is 0.841. The number of thioether (sulfide) groups is 1. The summed E-state index contributed by atoms with van der Waals surface area (Å²) in [4.78, 5) is 16.2. The van der Waals surface area contributed by atoms with Crippen molar-refractivity contribution in [2.24, 2.45) is 4.99 Å². The summed E-state index contributed by atoms with van der Waals surface area (Å²) >= 11 is 1.12. The number of ketones is 1. The molecule has 1 heterocycles. The number of nitrogens with zero attached hydrogens (tertiary/aromatic N) is 3. The second-order valence-electron chi connectivity index (χ2n) is 7.14. The van der Waals surface area contributed by atoms with E-state index in [0.717, 1.165) is 36.2 Å². The number of hydrogen-bond donors (Lipinski definition) is 2. The Balaban J connectivity index is 1.66. The quantitative estimate of drug-likeness (QED) is 0.168. The van der Waals surface area contributed by atoms with E-state index in [0.29, 0.717) is 25.0 Å². The molecule has 2 N–H and O–H groups in total. The number of alkyl halides is 2. The molecule has 9 nitrogen and oxygen atoms in total. The molecule has 1 fully saturated rings. The number of carbonyl (C=O) groups is 1. The minimum Gasteiger partial charge on any atom is -0.298 e. The van der Waals surface area contributed by atoms with Crippen LogP contribution >= 0.6 is 11.8 Å². The molecule has 14 heteroatoms. The van der Waals surface area contributed by atoms with Gasteiger partial charge in [0.25, 0.3) is 6.43 Å². The highest BCUT2D eigenvalue weighted by Crippen LogP contribution is 2.45. The van der Waals surface area contributed by atoms with E-state index >= 15 is 0 Å². The van der Waals surface area contributed by atoms with Crippen molar-refractivity contribution in [2.75, 3.05) is 12.0 Å². The fraction of sp³-hybridized carbons (Fsp3) is 0.444. The van der Waals surface area contributed by atoms with Crippen LogP contribution in [0.25, 0.3) is 0 Å². The van der Waals surface area contributed by atoms with Crippen LogP contribution < -0.4 is 5.48 Å². The minimum absolute atomic E-state index is 0.0263. The maximum Gasteiger partial charge on any atom is 0.266 e. The monoisotopic (exact) mass is 492 g/mol.